The summed E-state index contributed by atoms with van der Waals surface area (Å²) < 4.78 is 23.8. The van der Waals surface area contributed by atoms with Gasteiger partial charge in [0.1, 0.15) is 0 Å². The third kappa shape index (κ3) is 4.71. The van der Waals surface area contributed by atoms with Crippen LogP contribution in [0.4, 0.5) is 0 Å². The Labute approximate surface area is 103 Å². The van der Waals surface area contributed by atoms with E-state index in [1.807, 2.05) is 0 Å². The Kier molecular flexibility index (Phi) is 4.90. The molecule has 0 unspecified atom stereocenters. The van der Waals surface area contributed by atoms with Crippen molar-refractivity contribution in [2.75, 3.05) is 0 Å². The van der Waals surface area contributed by atoms with E-state index in [9.17, 15) is 8.42 Å². The average Bonchev–Trinajstić information content (AvgIpc) is 2.27. The molecule has 1 atom stereocenters. The molecule has 0 saturated heterocycles. The SMILES string of the molecule is CC(C)C[C@H](N)/C=C/S(=O)(=O)c1ccccc1. The molecule has 1 aromatic carbocycles. The van der Waals surface area contributed by atoms with Crippen LogP contribution in [0.15, 0.2) is 46.7 Å². The summed E-state index contributed by atoms with van der Waals surface area (Å²) in [7, 11) is -3.35. The minimum atomic E-state index is -3.35. The molecule has 2 N–H and O–H groups in total. The van der Waals surface area contributed by atoms with Crippen molar-refractivity contribution in [2.24, 2.45) is 11.7 Å². The first-order valence-electron chi connectivity index (χ1n) is 5.66. The monoisotopic (exact) mass is 253 g/mol. The predicted molar refractivity (Wildman–Crippen MR) is 70.2 cm³/mol. The molecule has 0 aliphatic heterocycles. The third-order valence-corrected chi connectivity index (χ3v) is 3.76. The Balaban J connectivity index is 2.77. The molecule has 3 nitrogen and oxygen atoms in total. The van der Waals surface area contributed by atoms with E-state index < -0.39 is 9.84 Å². The zero-order valence-electron chi connectivity index (χ0n) is 10.2. The Hall–Kier alpha value is -1.13. The summed E-state index contributed by atoms with van der Waals surface area (Å²) in [5.74, 6) is 0.453. The van der Waals surface area contributed by atoms with Gasteiger partial charge in [0.25, 0.3) is 0 Å². The van der Waals surface area contributed by atoms with E-state index in [2.05, 4.69) is 13.8 Å². The fourth-order valence-corrected chi connectivity index (χ4v) is 2.62. The van der Waals surface area contributed by atoms with E-state index in [1.54, 1.807) is 36.4 Å². The summed E-state index contributed by atoms with van der Waals surface area (Å²) >= 11 is 0. The molecule has 0 aromatic heterocycles. The zero-order valence-corrected chi connectivity index (χ0v) is 11.0. The van der Waals surface area contributed by atoms with E-state index >= 15 is 0 Å². The Morgan fingerprint density at radius 3 is 2.35 bits per heavy atom. The van der Waals surface area contributed by atoms with Crippen LogP contribution >= 0.6 is 0 Å². The van der Waals surface area contributed by atoms with E-state index in [1.165, 1.54) is 5.41 Å². The van der Waals surface area contributed by atoms with Gasteiger partial charge in [-0.2, -0.15) is 0 Å². The number of nitrogens with two attached hydrogens (primary N) is 1. The van der Waals surface area contributed by atoms with Gasteiger partial charge >= 0.3 is 0 Å². The Morgan fingerprint density at radius 1 is 1.24 bits per heavy atom. The summed E-state index contributed by atoms with van der Waals surface area (Å²) in [5, 5.41) is 1.20. The van der Waals surface area contributed by atoms with Crippen molar-refractivity contribution in [3.8, 4) is 0 Å². The highest BCUT2D eigenvalue weighted by atomic mass is 32.2. The van der Waals surface area contributed by atoms with Crippen LogP contribution in [0, 0.1) is 5.92 Å². The van der Waals surface area contributed by atoms with Crippen molar-refractivity contribution in [1.29, 1.82) is 0 Å². The number of hydrogen-bond donors (Lipinski definition) is 1. The highest BCUT2D eigenvalue weighted by molar-refractivity contribution is 7.94. The summed E-state index contributed by atoms with van der Waals surface area (Å²) in [6.07, 6.45) is 2.34. The minimum Gasteiger partial charge on any atom is -0.324 e. The van der Waals surface area contributed by atoms with Gasteiger partial charge < -0.3 is 5.73 Å². The highest BCUT2D eigenvalue weighted by Gasteiger charge is 2.10. The molecule has 4 heteroatoms. The van der Waals surface area contributed by atoms with Crippen LogP contribution in [-0.4, -0.2) is 14.5 Å². The molecule has 94 valence electrons. The molecule has 0 fully saturated rings. The van der Waals surface area contributed by atoms with Gasteiger partial charge in [0.2, 0.25) is 0 Å². The van der Waals surface area contributed by atoms with Crippen LogP contribution in [0.25, 0.3) is 0 Å². The number of hydrogen-bond acceptors (Lipinski definition) is 3. The molecule has 1 rings (SSSR count). The smallest absolute Gasteiger partial charge is 0.199 e. The summed E-state index contributed by atoms with van der Waals surface area (Å²) in [4.78, 5) is 0.299. The second kappa shape index (κ2) is 5.98. The van der Waals surface area contributed by atoms with Gasteiger partial charge in [-0.3, -0.25) is 0 Å². The second-order valence-corrected chi connectivity index (χ2v) is 6.31. The molecule has 0 aliphatic rings. The van der Waals surface area contributed by atoms with Crippen molar-refractivity contribution in [3.63, 3.8) is 0 Å². The van der Waals surface area contributed by atoms with Crippen molar-refractivity contribution in [2.45, 2.75) is 31.2 Å². The summed E-state index contributed by atoms with van der Waals surface area (Å²) in [6.45, 7) is 4.11. The van der Waals surface area contributed by atoms with E-state index in [0.29, 0.717) is 10.8 Å². The predicted octanol–water partition coefficient (Wildman–Crippen LogP) is 2.35. The lowest BCUT2D eigenvalue weighted by atomic mass is 10.1. The van der Waals surface area contributed by atoms with E-state index in [0.717, 1.165) is 6.42 Å². The molecule has 0 amide bonds. The topological polar surface area (TPSA) is 60.2 Å². The van der Waals surface area contributed by atoms with Gasteiger partial charge in [-0.15, -0.1) is 0 Å². The lowest BCUT2D eigenvalue weighted by molar-refractivity contribution is 0.546. The summed E-state index contributed by atoms with van der Waals surface area (Å²) in [5.41, 5.74) is 5.81. The van der Waals surface area contributed by atoms with E-state index in [4.69, 9.17) is 5.73 Å². The quantitative estimate of drug-likeness (QED) is 0.876. The maximum absolute atomic E-state index is 11.9. The first-order valence-corrected chi connectivity index (χ1v) is 7.20. The van der Waals surface area contributed by atoms with Gasteiger partial charge in [-0.1, -0.05) is 38.1 Å². The minimum absolute atomic E-state index is 0.214. The molecule has 0 heterocycles. The molecule has 0 bridgehead atoms. The fraction of sp³-hybridized carbons (Fsp3) is 0.385. The van der Waals surface area contributed by atoms with Crippen LogP contribution in [-0.2, 0) is 9.84 Å². The highest BCUT2D eigenvalue weighted by Crippen LogP contribution is 2.12. The molecule has 0 aliphatic carbocycles. The van der Waals surface area contributed by atoms with Crippen molar-refractivity contribution in [3.05, 3.63) is 41.8 Å². The van der Waals surface area contributed by atoms with Gasteiger partial charge in [0, 0.05) is 11.4 Å². The Morgan fingerprint density at radius 2 is 1.82 bits per heavy atom. The lowest BCUT2D eigenvalue weighted by Gasteiger charge is -2.08. The van der Waals surface area contributed by atoms with Crippen LogP contribution in [0.2, 0.25) is 0 Å². The van der Waals surface area contributed by atoms with Crippen LogP contribution < -0.4 is 5.73 Å². The molecule has 0 spiro atoms. The van der Waals surface area contributed by atoms with Gasteiger partial charge in [0.05, 0.1) is 4.90 Å². The third-order valence-electron chi connectivity index (χ3n) is 2.32. The molecule has 17 heavy (non-hydrogen) atoms. The van der Waals surface area contributed by atoms with Gasteiger partial charge in [-0.25, -0.2) is 8.42 Å². The first kappa shape index (κ1) is 13.9. The van der Waals surface area contributed by atoms with Gasteiger partial charge in [-0.05, 0) is 24.5 Å². The normalized spacial score (nSPS) is 14.4. The number of sulfone groups is 1. The largest absolute Gasteiger partial charge is 0.324 e. The van der Waals surface area contributed by atoms with E-state index in [-0.39, 0.29) is 6.04 Å². The molecule has 0 saturated carbocycles. The summed E-state index contributed by atoms with van der Waals surface area (Å²) in [6, 6.07) is 8.13. The maximum atomic E-state index is 11.9. The molecule has 0 radical (unpaired) electrons. The van der Waals surface area contributed by atoms with Gasteiger partial charge in [0.15, 0.2) is 9.84 Å². The van der Waals surface area contributed by atoms with Crippen LogP contribution in [0.5, 0.6) is 0 Å². The second-order valence-electron chi connectivity index (χ2n) is 4.48. The fourth-order valence-electron chi connectivity index (χ4n) is 1.52. The average molecular weight is 253 g/mol. The van der Waals surface area contributed by atoms with Crippen LogP contribution in [0.3, 0.4) is 0 Å². The van der Waals surface area contributed by atoms with Crippen molar-refractivity contribution < 1.29 is 8.42 Å². The van der Waals surface area contributed by atoms with Crippen LogP contribution in [0.1, 0.15) is 20.3 Å². The number of benzene rings is 1. The molecular weight excluding hydrogens is 234 g/mol. The Bertz CT molecular complexity index is 463. The zero-order chi connectivity index (χ0) is 12.9. The molecular formula is C13H19NO2S. The lowest BCUT2D eigenvalue weighted by Crippen LogP contribution is -2.19. The van der Waals surface area contributed by atoms with Crippen molar-refractivity contribution in [1.82, 2.24) is 0 Å². The maximum Gasteiger partial charge on any atom is 0.199 e. The first-order chi connectivity index (χ1) is 7.92. The number of rotatable bonds is 5. The van der Waals surface area contributed by atoms with Crippen molar-refractivity contribution >= 4 is 9.84 Å². The standard InChI is InChI=1S/C13H19NO2S/c1-11(2)10-12(14)8-9-17(15,16)13-6-4-3-5-7-13/h3-9,11-12H,10,14H2,1-2H3/b9-8+/t12-/m1/s1. The molecule has 1 aromatic rings.